The van der Waals surface area contributed by atoms with E-state index in [4.69, 9.17) is 5.73 Å². The van der Waals surface area contributed by atoms with E-state index in [0.717, 1.165) is 25.7 Å². The molecular weight excluding hydrogens is 164 g/mol. The van der Waals surface area contributed by atoms with E-state index in [9.17, 15) is 4.79 Å². The highest BCUT2D eigenvalue weighted by molar-refractivity contribution is 5.79. The van der Waals surface area contributed by atoms with Gasteiger partial charge in [0, 0.05) is 18.0 Å². The lowest BCUT2D eigenvalue weighted by atomic mass is 9.85. The third-order valence-electron chi connectivity index (χ3n) is 3.01. The van der Waals surface area contributed by atoms with E-state index in [2.05, 4.69) is 5.32 Å². The van der Waals surface area contributed by atoms with Crippen molar-refractivity contribution in [1.29, 1.82) is 0 Å². The number of rotatable bonds is 2. The zero-order valence-corrected chi connectivity index (χ0v) is 7.96. The molecule has 3 N–H and O–H groups in total. The minimum absolute atomic E-state index is 0.198. The molecule has 2 aliphatic carbocycles. The van der Waals surface area contributed by atoms with E-state index >= 15 is 0 Å². The summed E-state index contributed by atoms with van der Waals surface area (Å²) in [6.07, 6.45) is 6.47. The third-order valence-corrected chi connectivity index (χ3v) is 3.01. The van der Waals surface area contributed by atoms with Crippen LogP contribution in [-0.2, 0) is 4.79 Å². The lowest BCUT2D eigenvalue weighted by Gasteiger charge is -2.25. The minimum Gasteiger partial charge on any atom is -0.353 e. The zero-order chi connectivity index (χ0) is 9.26. The average molecular weight is 182 g/mol. The van der Waals surface area contributed by atoms with Crippen molar-refractivity contribution >= 4 is 5.91 Å². The molecule has 2 fully saturated rings. The van der Waals surface area contributed by atoms with Gasteiger partial charge in [0.2, 0.25) is 5.91 Å². The van der Waals surface area contributed by atoms with Crippen LogP contribution in [0.5, 0.6) is 0 Å². The Bertz CT molecular complexity index is 201. The van der Waals surface area contributed by atoms with Crippen LogP contribution in [0.2, 0.25) is 0 Å². The van der Waals surface area contributed by atoms with Crippen LogP contribution in [-0.4, -0.2) is 18.0 Å². The molecular formula is C10H18N2O. The highest BCUT2D eigenvalue weighted by atomic mass is 16.2. The third kappa shape index (κ3) is 2.44. The van der Waals surface area contributed by atoms with E-state index in [1.165, 1.54) is 12.8 Å². The van der Waals surface area contributed by atoms with Gasteiger partial charge >= 0.3 is 0 Å². The van der Waals surface area contributed by atoms with Crippen molar-refractivity contribution in [3.05, 3.63) is 0 Å². The molecule has 0 aromatic carbocycles. The van der Waals surface area contributed by atoms with Gasteiger partial charge in [-0.05, 0) is 32.1 Å². The molecule has 0 spiro atoms. The van der Waals surface area contributed by atoms with Crippen LogP contribution in [0.1, 0.15) is 38.5 Å². The molecule has 3 nitrogen and oxygen atoms in total. The number of hydrogen-bond acceptors (Lipinski definition) is 2. The molecule has 0 bridgehead atoms. The zero-order valence-electron chi connectivity index (χ0n) is 7.96. The molecule has 0 saturated heterocycles. The van der Waals surface area contributed by atoms with Gasteiger partial charge in [-0.15, -0.1) is 0 Å². The van der Waals surface area contributed by atoms with Crippen molar-refractivity contribution < 1.29 is 4.79 Å². The largest absolute Gasteiger partial charge is 0.353 e. The van der Waals surface area contributed by atoms with Crippen molar-refractivity contribution in [2.75, 3.05) is 0 Å². The van der Waals surface area contributed by atoms with Gasteiger partial charge in [-0.25, -0.2) is 0 Å². The Balaban J connectivity index is 1.80. The molecule has 0 radical (unpaired) electrons. The number of carbonyl (C=O) groups excluding carboxylic acids is 1. The maximum Gasteiger partial charge on any atom is 0.223 e. The van der Waals surface area contributed by atoms with Crippen LogP contribution < -0.4 is 11.1 Å². The Morgan fingerprint density at radius 3 is 2.62 bits per heavy atom. The minimum atomic E-state index is 0.198. The fourth-order valence-electron chi connectivity index (χ4n) is 2.01. The smallest absolute Gasteiger partial charge is 0.223 e. The summed E-state index contributed by atoms with van der Waals surface area (Å²) in [5.41, 5.74) is 5.83. The summed E-state index contributed by atoms with van der Waals surface area (Å²) in [6, 6.07) is 0.745. The maximum atomic E-state index is 11.6. The van der Waals surface area contributed by atoms with Gasteiger partial charge in [0.1, 0.15) is 0 Å². The molecule has 2 aliphatic rings. The molecule has 2 atom stereocenters. The Hall–Kier alpha value is -0.570. The number of hydrogen-bond donors (Lipinski definition) is 2. The summed E-state index contributed by atoms with van der Waals surface area (Å²) in [5, 5.41) is 3.05. The summed E-state index contributed by atoms with van der Waals surface area (Å²) in [5.74, 6) is 0.446. The first-order chi connectivity index (χ1) is 6.25. The molecule has 13 heavy (non-hydrogen) atoms. The fourth-order valence-corrected chi connectivity index (χ4v) is 2.01. The summed E-state index contributed by atoms with van der Waals surface area (Å²) in [7, 11) is 0. The number of carbonyl (C=O) groups is 1. The van der Waals surface area contributed by atoms with Crippen molar-refractivity contribution in [2.45, 2.75) is 50.6 Å². The second-order valence-corrected chi connectivity index (χ2v) is 4.41. The average Bonchev–Trinajstić information content (AvgIpc) is 2.88. The molecule has 0 aliphatic heterocycles. The van der Waals surface area contributed by atoms with E-state index in [1.54, 1.807) is 0 Å². The van der Waals surface area contributed by atoms with E-state index < -0.39 is 0 Å². The summed E-state index contributed by atoms with van der Waals surface area (Å²) in [4.78, 5) is 11.6. The van der Waals surface area contributed by atoms with Gasteiger partial charge in [-0.3, -0.25) is 4.79 Å². The first-order valence-electron chi connectivity index (χ1n) is 5.31. The van der Waals surface area contributed by atoms with Crippen LogP contribution in [0.3, 0.4) is 0 Å². The predicted molar refractivity (Wildman–Crippen MR) is 51.1 cm³/mol. The van der Waals surface area contributed by atoms with Crippen LogP contribution >= 0.6 is 0 Å². The molecule has 3 heteroatoms. The van der Waals surface area contributed by atoms with Crippen LogP contribution in [0, 0.1) is 5.92 Å². The Labute approximate surface area is 79.1 Å². The fraction of sp³-hybridized carbons (Fsp3) is 0.900. The van der Waals surface area contributed by atoms with Crippen LogP contribution in [0.25, 0.3) is 0 Å². The number of nitrogens with two attached hydrogens (primary N) is 1. The maximum absolute atomic E-state index is 11.6. The van der Waals surface area contributed by atoms with Gasteiger partial charge in [-0.2, -0.15) is 0 Å². The Morgan fingerprint density at radius 2 is 2.00 bits per heavy atom. The molecule has 74 valence electrons. The van der Waals surface area contributed by atoms with E-state index in [0.29, 0.717) is 6.04 Å². The Morgan fingerprint density at radius 1 is 1.23 bits per heavy atom. The van der Waals surface area contributed by atoms with Crippen molar-refractivity contribution in [3.8, 4) is 0 Å². The van der Waals surface area contributed by atoms with Crippen molar-refractivity contribution in [2.24, 2.45) is 11.7 Å². The molecule has 2 saturated carbocycles. The van der Waals surface area contributed by atoms with Crippen LogP contribution in [0.15, 0.2) is 0 Å². The molecule has 1 amide bonds. The van der Waals surface area contributed by atoms with Gasteiger partial charge in [0.15, 0.2) is 0 Å². The first-order valence-corrected chi connectivity index (χ1v) is 5.31. The summed E-state index contributed by atoms with van der Waals surface area (Å²) in [6.45, 7) is 0. The monoisotopic (exact) mass is 182 g/mol. The molecule has 0 aromatic rings. The van der Waals surface area contributed by atoms with E-state index in [-0.39, 0.29) is 17.9 Å². The highest BCUT2D eigenvalue weighted by Gasteiger charge is 2.29. The SMILES string of the molecule is N[C@@H]1CCC[C@H](C(=O)NC2CC2)C1. The van der Waals surface area contributed by atoms with Gasteiger partial charge in [0.25, 0.3) is 0 Å². The number of amides is 1. The predicted octanol–water partition coefficient (Wildman–Crippen LogP) is 0.782. The standard InChI is InChI=1S/C10H18N2O/c11-8-3-1-2-7(6-8)10(13)12-9-4-5-9/h7-9H,1-6,11H2,(H,12,13)/t7-,8+/m0/s1. The van der Waals surface area contributed by atoms with Gasteiger partial charge in [-0.1, -0.05) is 6.42 Å². The lowest BCUT2D eigenvalue weighted by molar-refractivity contribution is -0.126. The van der Waals surface area contributed by atoms with Gasteiger partial charge < -0.3 is 11.1 Å². The topological polar surface area (TPSA) is 55.1 Å². The van der Waals surface area contributed by atoms with E-state index in [1.807, 2.05) is 0 Å². The van der Waals surface area contributed by atoms with Crippen molar-refractivity contribution in [1.82, 2.24) is 5.32 Å². The molecule has 0 aromatic heterocycles. The molecule has 0 heterocycles. The van der Waals surface area contributed by atoms with Crippen LogP contribution in [0.4, 0.5) is 0 Å². The summed E-state index contributed by atoms with van der Waals surface area (Å²) >= 11 is 0. The summed E-state index contributed by atoms with van der Waals surface area (Å²) < 4.78 is 0. The molecule has 2 rings (SSSR count). The molecule has 0 unspecified atom stereocenters. The number of nitrogens with one attached hydrogen (secondary N) is 1. The Kier molecular flexibility index (Phi) is 2.54. The normalized spacial score (nSPS) is 34.2. The second kappa shape index (κ2) is 3.66. The highest BCUT2D eigenvalue weighted by Crippen LogP contribution is 2.25. The van der Waals surface area contributed by atoms with Gasteiger partial charge in [0.05, 0.1) is 0 Å². The first kappa shape index (κ1) is 9.00. The second-order valence-electron chi connectivity index (χ2n) is 4.41. The lowest BCUT2D eigenvalue weighted by Crippen LogP contribution is -2.38. The van der Waals surface area contributed by atoms with Crippen molar-refractivity contribution in [3.63, 3.8) is 0 Å². The quantitative estimate of drug-likeness (QED) is 0.663.